The Morgan fingerprint density at radius 1 is 1.26 bits per heavy atom. The number of pyridine rings is 1. The van der Waals surface area contributed by atoms with Crippen molar-refractivity contribution in [2.75, 3.05) is 24.7 Å². The summed E-state index contributed by atoms with van der Waals surface area (Å²) in [5.74, 6) is 2.99. The van der Waals surface area contributed by atoms with Gasteiger partial charge >= 0.3 is 0 Å². The molecule has 0 spiro atoms. The Hall–Kier alpha value is -1.92. The van der Waals surface area contributed by atoms with E-state index in [4.69, 9.17) is 0 Å². The number of anilines is 1. The van der Waals surface area contributed by atoms with Crippen molar-refractivity contribution in [3.8, 4) is 0 Å². The molecular formula is C21H29N5S. The lowest BCUT2D eigenvalue weighted by atomic mass is 9.80. The smallest absolute Gasteiger partial charge is 0.139 e. The van der Waals surface area contributed by atoms with Crippen molar-refractivity contribution in [2.24, 2.45) is 5.92 Å². The van der Waals surface area contributed by atoms with E-state index in [0.29, 0.717) is 6.04 Å². The van der Waals surface area contributed by atoms with E-state index < -0.39 is 0 Å². The van der Waals surface area contributed by atoms with Crippen LogP contribution in [0.2, 0.25) is 0 Å². The van der Waals surface area contributed by atoms with Gasteiger partial charge in [0.05, 0.1) is 5.69 Å². The molecule has 1 fully saturated rings. The van der Waals surface area contributed by atoms with Crippen LogP contribution in [-0.2, 0) is 6.54 Å². The van der Waals surface area contributed by atoms with Crippen LogP contribution in [-0.4, -0.2) is 45.1 Å². The maximum Gasteiger partial charge on any atom is 0.139 e. The zero-order valence-electron chi connectivity index (χ0n) is 16.7. The standard InChI is InChI=1S/C21H29N5S/c1-5-7-20-16(2)23-15-24-21(20)26(4)19-10-18(11-19)14-27-25(3)13-17-8-6-9-22-12-17/h5-9,12,15,18-19H,10-11,13-14H2,1-4H3/b7-5-/t18-,19+. The van der Waals surface area contributed by atoms with Crippen LogP contribution in [0, 0.1) is 12.8 Å². The molecule has 3 rings (SSSR count). The molecule has 5 nitrogen and oxygen atoms in total. The Labute approximate surface area is 167 Å². The number of allylic oxidation sites excluding steroid dienone is 1. The Bertz CT molecular complexity index is 758. The average molecular weight is 384 g/mol. The predicted octanol–water partition coefficient (Wildman–Crippen LogP) is 4.21. The zero-order valence-corrected chi connectivity index (χ0v) is 17.5. The average Bonchev–Trinajstić information content (AvgIpc) is 2.63. The number of hydrogen-bond acceptors (Lipinski definition) is 6. The molecule has 144 valence electrons. The van der Waals surface area contributed by atoms with Gasteiger partial charge in [0, 0.05) is 43.3 Å². The molecule has 0 bridgehead atoms. The maximum atomic E-state index is 4.55. The number of hydrogen-bond donors (Lipinski definition) is 0. The lowest BCUT2D eigenvalue weighted by molar-refractivity contribution is 0.284. The third-order valence-corrected chi connectivity index (χ3v) is 6.34. The van der Waals surface area contributed by atoms with Gasteiger partial charge in [-0.1, -0.05) is 30.2 Å². The van der Waals surface area contributed by atoms with Gasteiger partial charge in [0.25, 0.3) is 0 Å². The lowest BCUT2D eigenvalue weighted by Crippen LogP contribution is -2.44. The summed E-state index contributed by atoms with van der Waals surface area (Å²) in [6.45, 7) is 5.02. The van der Waals surface area contributed by atoms with E-state index in [9.17, 15) is 0 Å². The van der Waals surface area contributed by atoms with E-state index in [1.54, 1.807) is 6.33 Å². The molecule has 0 unspecified atom stereocenters. The molecule has 1 saturated carbocycles. The third-order valence-electron chi connectivity index (χ3n) is 5.15. The van der Waals surface area contributed by atoms with Crippen LogP contribution in [0.1, 0.15) is 36.6 Å². The molecular weight excluding hydrogens is 354 g/mol. The van der Waals surface area contributed by atoms with Crippen LogP contribution in [0.3, 0.4) is 0 Å². The highest BCUT2D eigenvalue weighted by molar-refractivity contribution is 7.96. The summed E-state index contributed by atoms with van der Waals surface area (Å²) >= 11 is 1.93. The van der Waals surface area contributed by atoms with Gasteiger partial charge in [-0.25, -0.2) is 14.3 Å². The molecule has 0 N–H and O–H groups in total. The summed E-state index contributed by atoms with van der Waals surface area (Å²) in [7, 11) is 4.32. The van der Waals surface area contributed by atoms with Crippen molar-refractivity contribution < 1.29 is 0 Å². The molecule has 0 aromatic carbocycles. The predicted molar refractivity (Wildman–Crippen MR) is 115 cm³/mol. The van der Waals surface area contributed by atoms with Gasteiger partial charge in [-0.2, -0.15) is 0 Å². The van der Waals surface area contributed by atoms with Crippen molar-refractivity contribution >= 4 is 23.8 Å². The topological polar surface area (TPSA) is 45.2 Å². The highest BCUT2D eigenvalue weighted by Gasteiger charge is 2.33. The highest BCUT2D eigenvalue weighted by Crippen LogP contribution is 2.37. The first-order valence-corrected chi connectivity index (χ1v) is 10.4. The fraction of sp³-hybridized carbons (Fsp3) is 0.476. The van der Waals surface area contributed by atoms with Gasteiger partial charge in [0.1, 0.15) is 12.1 Å². The minimum Gasteiger partial charge on any atom is -0.356 e. The van der Waals surface area contributed by atoms with Gasteiger partial charge in [0.15, 0.2) is 0 Å². The van der Waals surface area contributed by atoms with E-state index in [2.05, 4.69) is 56.5 Å². The second-order valence-electron chi connectivity index (χ2n) is 7.24. The Morgan fingerprint density at radius 3 is 2.78 bits per heavy atom. The summed E-state index contributed by atoms with van der Waals surface area (Å²) in [5, 5.41) is 0. The molecule has 2 heterocycles. The normalized spacial score (nSPS) is 19.4. The maximum absolute atomic E-state index is 4.55. The van der Waals surface area contributed by atoms with Crippen LogP contribution >= 0.6 is 11.9 Å². The van der Waals surface area contributed by atoms with Crippen LogP contribution < -0.4 is 4.90 Å². The molecule has 1 aliphatic rings. The first kappa shape index (κ1) is 19.8. The van der Waals surface area contributed by atoms with E-state index in [1.165, 1.54) is 24.2 Å². The Kier molecular flexibility index (Phi) is 6.85. The zero-order chi connectivity index (χ0) is 19.2. The van der Waals surface area contributed by atoms with Gasteiger partial charge in [-0.3, -0.25) is 4.98 Å². The summed E-state index contributed by atoms with van der Waals surface area (Å²) in [4.78, 5) is 15.4. The Balaban J connectivity index is 1.47. The van der Waals surface area contributed by atoms with E-state index in [-0.39, 0.29) is 0 Å². The first-order valence-electron chi connectivity index (χ1n) is 9.48. The highest BCUT2D eigenvalue weighted by atomic mass is 32.2. The van der Waals surface area contributed by atoms with Crippen LogP contribution in [0.5, 0.6) is 0 Å². The number of rotatable bonds is 8. The van der Waals surface area contributed by atoms with Gasteiger partial charge < -0.3 is 4.90 Å². The lowest BCUT2D eigenvalue weighted by Gasteiger charge is -2.42. The fourth-order valence-corrected chi connectivity index (χ4v) is 4.44. The molecule has 27 heavy (non-hydrogen) atoms. The number of nitrogens with zero attached hydrogens (tertiary/aromatic N) is 5. The number of aryl methyl sites for hydroxylation is 1. The first-order chi connectivity index (χ1) is 13.1. The molecule has 2 aromatic heterocycles. The van der Waals surface area contributed by atoms with Gasteiger partial charge in [-0.15, -0.1) is 0 Å². The molecule has 0 saturated heterocycles. The Morgan fingerprint density at radius 2 is 2.07 bits per heavy atom. The van der Waals surface area contributed by atoms with Crippen molar-refractivity contribution in [1.29, 1.82) is 0 Å². The molecule has 0 aliphatic heterocycles. The van der Waals surface area contributed by atoms with E-state index >= 15 is 0 Å². The third kappa shape index (κ3) is 5.08. The molecule has 6 heteroatoms. The van der Waals surface area contributed by atoms with Gasteiger partial charge in [0.2, 0.25) is 0 Å². The summed E-state index contributed by atoms with van der Waals surface area (Å²) in [6.07, 6.45) is 12.1. The molecule has 1 aliphatic carbocycles. The SMILES string of the molecule is C/C=C\c1c(C)ncnc1N(C)[C@H]1C[C@@H](CSN(C)Cc2cccnc2)C1. The van der Waals surface area contributed by atoms with Crippen molar-refractivity contribution in [3.63, 3.8) is 0 Å². The number of aromatic nitrogens is 3. The van der Waals surface area contributed by atoms with Crippen molar-refractivity contribution in [3.05, 3.63) is 53.8 Å². The molecule has 0 amide bonds. The van der Waals surface area contributed by atoms with Crippen LogP contribution in [0.15, 0.2) is 36.9 Å². The fourth-order valence-electron chi connectivity index (χ4n) is 3.47. The van der Waals surface area contributed by atoms with Crippen molar-refractivity contribution in [2.45, 2.75) is 39.3 Å². The largest absolute Gasteiger partial charge is 0.356 e. The van der Waals surface area contributed by atoms with E-state index in [1.807, 2.05) is 44.3 Å². The molecule has 2 aromatic rings. The van der Waals surface area contributed by atoms with Crippen LogP contribution in [0.4, 0.5) is 5.82 Å². The van der Waals surface area contributed by atoms with Crippen molar-refractivity contribution in [1.82, 2.24) is 19.3 Å². The molecule has 0 radical (unpaired) electrons. The monoisotopic (exact) mass is 383 g/mol. The van der Waals surface area contributed by atoms with Crippen LogP contribution in [0.25, 0.3) is 6.08 Å². The van der Waals surface area contributed by atoms with Gasteiger partial charge in [-0.05, 0) is 51.3 Å². The quantitative estimate of drug-likeness (QED) is 0.636. The minimum absolute atomic E-state index is 0.567. The summed E-state index contributed by atoms with van der Waals surface area (Å²) in [6, 6.07) is 4.69. The molecule has 0 atom stereocenters. The summed E-state index contributed by atoms with van der Waals surface area (Å²) in [5.41, 5.74) is 3.43. The van der Waals surface area contributed by atoms with E-state index in [0.717, 1.165) is 29.5 Å². The summed E-state index contributed by atoms with van der Waals surface area (Å²) < 4.78 is 2.31. The minimum atomic E-state index is 0.567. The second kappa shape index (κ2) is 9.33. The second-order valence-corrected chi connectivity index (χ2v) is 8.46.